The van der Waals surface area contributed by atoms with Crippen LogP contribution in [0.1, 0.15) is 34.0 Å². The maximum atomic E-state index is 13.7. The number of sulfone groups is 1. The number of hydrogen-bond acceptors (Lipinski definition) is 9. The Morgan fingerprint density at radius 2 is 1.66 bits per heavy atom. The lowest BCUT2D eigenvalue weighted by Crippen LogP contribution is -2.19. The molecule has 196 valence electrons. The molecule has 0 radical (unpaired) electrons. The summed E-state index contributed by atoms with van der Waals surface area (Å²) in [6, 6.07) is 25.3. The van der Waals surface area contributed by atoms with Crippen LogP contribution in [-0.4, -0.2) is 37.8 Å². The van der Waals surface area contributed by atoms with E-state index in [1.165, 1.54) is 11.3 Å². The maximum absolute atomic E-state index is 13.7. The Kier molecular flexibility index (Phi) is 7.93. The van der Waals surface area contributed by atoms with Gasteiger partial charge in [0.1, 0.15) is 5.01 Å². The topological polar surface area (TPSA) is 132 Å². The summed E-state index contributed by atoms with van der Waals surface area (Å²) in [5, 5.41) is 6.88. The van der Waals surface area contributed by atoms with E-state index in [0.29, 0.717) is 23.4 Å². The number of thiol groups is 1. The van der Waals surface area contributed by atoms with Crippen molar-refractivity contribution in [3.63, 3.8) is 0 Å². The highest BCUT2D eigenvalue weighted by molar-refractivity contribution is 7.91. The molecule has 2 heterocycles. The van der Waals surface area contributed by atoms with Gasteiger partial charge in [0.05, 0.1) is 22.5 Å². The van der Waals surface area contributed by atoms with E-state index in [4.69, 9.17) is 4.42 Å². The Morgan fingerprint density at radius 3 is 2.39 bits per heavy atom. The van der Waals surface area contributed by atoms with Crippen LogP contribution in [0.2, 0.25) is 0 Å². The van der Waals surface area contributed by atoms with Gasteiger partial charge >= 0.3 is 0 Å². The second-order valence-corrected chi connectivity index (χ2v) is 12.7. The van der Waals surface area contributed by atoms with Gasteiger partial charge in [-0.15, -0.1) is 21.5 Å². The number of fused-ring (bicyclic) bond motifs is 1. The fourth-order valence-electron chi connectivity index (χ4n) is 4.09. The largest absolute Gasteiger partial charge is 0.422 e. The van der Waals surface area contributed by atoms with Crippen LogP contribution in [0, 0.1) is 0 Å². The highest BCUT2D eigenvalue weighted by atomic mass is 32.2. The first kappa shape index (κ1) is 26.2. The zero-order valence-corrected chi connectivity index (χ0v) is 22.6. The summed E-state index contributed by atoms with van der Waals surface area (Å²) < 4.78 is 57.8. The van der Waals surface area contributed by atoms with Crippen molar-refractivity contribution in [3.8, 4) is 11.1 Å². The van der Waals surface area contributed by atoms with Crippen molar-refractivity contribution in [1.82, 2.24) is 19.9 Å². The third kappa shape index (κ3) is 6.16. The van der Waals surface area contributed by atoms with Gasteiger partial charge in [-0.1, -0.05) is 66.7 Å². The zero-order chi connectivity index (χ0) is 26.5. The summed E-state index contributed by atoms with van der Waals surface area (Å²) in [6.07, 6.45) is 1.01. The molecule has 3 aromatic carbocycles. The highest BCUT2D eigenvalue weighted by Crippen LogP contribution is 2.37. The normalized spacial score (nSPS) is 12.8. The molecule has 0 saturated carbocycles. The molecule has 38 heavy (non-hydrogen) atoms. The minimum absolute atomic E-state index is 0.0313. The van der Waals surface area contributed by atoms with Gasteiger partial charge in [-0.25, -0.2) is 26.5 Å². The first-order chi connectivity index (χ1) is 18.4. The standard InChI is InChI=1S/C26H24N4O5S3/c31-37(32)27-17-23-29-30-25(35-23)24(38(33,34)15-7-10-18-8-3-1-4-9-18)26-28-21-14-13-20(16-22(21)36-26)19-11-5-2-6-12-19/h1-6,8-9,11-14,16,24,37H,7,10,15,17H2,(H,27,31,32). The summed E-state index contributed by atoms with van der Waals surface area (Å²) >= 11 is 1.26. The number of rotatable bonds is 11. The number of thiazole rings is 1. The van der Waals surface area contributed by atoms with E-state index in [0.717, 1.165) is 21.4 Å². The molecule has 0 aliphatic heterocycles. The monoisotopic (exact) mass is 568 g/mol. The number of nitrogens with zero attached hydrogens (tertiary/aromatic N) is 3. The van der Waals surface area contributed by atoms with Gasteiger partial charge in [-0.05, 0) is 41.7 Å². The lowest BCUT2D eigenvalue weighted by Gasteiger charge is -2.12. The molecular weight excluding hydrogens is 545 g/mol. The number of aryl methyl sites for hydroxylation is 1. The molecule has 0 aliphatic carbocycles. The Morgan fingerprint density at radius 1 is 0.921 bits per heavy atom. The number of benzene rings is 3. The molecule has 12 heteroatoms. The van der Waals surface area contributed by atoms with Crippen molar-refractivity contribution in [3.05, 3.63) is 101 Å². The van der Waals surface area contributed by atoms with Crippen LogP contribution in [-0.2, 0) is 33.7 Å². The molecule has 1 unspecified atom stereocenters. The SMILES string of the molecule is O=[SH](=O)NCc1nnc(C(c2nc3ccc(-c4ccccc4)cc3s2)S(=O)(=O)CCCc2ccccc2)o1. The second kappa shape index (κ2) is 11.5. The molecule has 0 saturated heterocycles. The van der Waals surface area contributed by atoms with Crippen molar-refractivity contribution in [2.75, 3.05) is 5.75 Å². The molecule has 0 fully saturated rings. The predicted octanol–water partition coefficient (Wildman–Crippen LogP) is 4.10. The van der Waals surface area contributed by atoms with Crippen molar-refractivity contribution < 1.29 is 21.3 Å². The van der Waals surface area contributed by atoms with E-state index < -0.39 is 26.0 Å². The Labute approximate surface area is 225 Å². The van der Waals surface area contributed by atoms with Gasteiger partial charge in [-0.2, -0.15) is 0 Å². The average Bonchev–Trinajstić information content (AvgIpc) is 3.55. The van der Waals surface area contributed by atoms with Crippen LogP contribution in [0.5, 0.6) is 0 Å². The summed E-state index contributed by atoms with van der Waals surface area (Å²) in [7, 11) is -6.68. The number of nitrogens with one attached hydrogen (secondary N) is 1. The minimum atomic E-state index is -3.81. The van der Waals surface area contributed by atoms with E-state index in [2.05, 4.69) is 19.9 Å². The van der Waals surface area contributed by atoms with E-state index in [1.807, 2.05) is 78.9 Å². The number of aromatic nitrogens is 3. The first-order valence-corrected chi connectivity index (χ1v) is 15.5. The first-order valence-electron chi connectivity index (χ1n) is 11.8. The Bertz CT molecular complexity index is 1710. The van der Waals surface area contributed by atoms with Crippen LogP contribution < -0.4 is 4.72 Å². The fourth-order valence-corrected chi connectivity index (χ4v) is 7.47. The van der Waals surface area contributed by atoms with Gasteiger partial charge in [0, 0.05) is 0 Å². The maximum Gasteiger partial charge on any atom is 0.241 e. The van der Waals surface area contributed by atoms with Gasteiger partial charge in [0.2, 0.25) is 22.7 Å². The van der Waals surface area contributed by atoms with Gasteiger partial charge in [0.15, 0.2) is 15.1 Å². The average molecular weight is 569 g/mol. The quantitative estimate of drug-likeness (QED) is 0.228. The Balaban J connectivity index is 1.48. The van der Waals surface area contributed by atoms with Gasteiger partial charge in [0.25, 0.3) is 0 Å². The fraction of sp³-hybridized carbons (Fsp3) is 0.192. The summed E-state index contributed by atoms with van der Waals surface area (Å²) in [5.41, 5.74) is 3.75. The molecule has 1 N–H and O–H groups in total. The summed E-state index contributed by atoms with van der Waals surface area (Å²) in [6.45, 7) is -0.229. The smallest absolute Gasteiger partial charge is 0.241 e. The molecule has 0 bridgehead atoms. The van der Waals surface area contributed by atoms with Gasteiger partial charge < -0.3 is 4.42 Å². The molecule has 5 aromatic rings. The summed E-state index contributed by atoms with van der Waals surface area (Å²) in [5.74, 6) is -0.277. The van der Waals surface area contributed by atoms with E-state index in [9.17, 15) is 16.8 Å². The minimum Gasteiger partial charge on any atom is -0.422 e. The van der Waals surface area contributed by atoms with E-state index in [-0.39, 0.29) is 24.1 Å². The number of hydrogen-bond donors (Lipinski definition) is 2. The molecule has 9 nitrogen and oxygen atoms in total. The molecule has 5 rings (SSSR count). The summed E-state index contributed by atoms with van der Waals surface area (Å²) in [4.78, 5) is 4.64. The van der Waals surface area contributed by atoms with E-state index >= 15 is 0 Å². The molecule has 0 spiro atoms. The van der Waals surface area contributed by atoms with Crippen LogP contribution in [0.4, 0.5) is 0 Å². The molecular formula is C26H24N4O5S3. The van der Waals surface area contributed by atoms with Crippen molar-refractivity contribution >= 4 is 42.3 Å². The zero-order valence-electron chi connectivity index (χ0n) is 20.1. The second-order valence-electron chi connectivity index (χ2n) is 8.56. The van der Waals surface area contributed by atoms with Crippen LogP contribution in [0.3, 0.4) is 0 Å². The van der Waals surface area contributed by atoms with Gasteiger partial charge in [-0.3, -0.25) is 0 Å². The Hall–Kier alpha value is -3.45. The lowest BCUT2D eigenvalue weighted by atomic mass is 10.1. The molecule has 2 aromatic heterocycles. The molecule has 0 aliphatic rings. The van der Waals surface area contributed by atoms with Crippen LogP contribution >= 0.6 is 11.3 Å². The third-order valence-corrected chi connectivity index (χ3v) is 9.55. The van der Waals surface area contributed by atoms with Crippen LogP contribution in [0.25, 0.3) is 21.3 Å². The lowest BCUT2D eigenvalue weighted by molar-refractivity contribution is 0.444. The predicted molar refractivity (Wildman–Crippen MR) is 147 cm³/mol. The van der Waals surface area contributed by atoms with Crippen LogP contribution in [0.15, 0.2) is 83.3 Å². The molecule has 0 amide bonds. The van der Waals surface area contributed by atoms with E-state index in [1.54, 1.807) is 0 Å². The highest BCUT2D eigenvalue weighted by Gasteiger charge is 2.36. The van der Waals surface area contributed by atoms with Crippen molar-refractivity contribution in [1.29, 1.82) is 0 Å². The van der Waals surface area contributed by atoms with Crippen molar-refractivity contribution in [2.24, 2.45) is 0 Å². The molecule has 1 atom stereocenters. The van der Waals surface area contributed by atoms with Crippen molar-refractivity contribution in [2.45, 2.75) is 24.6 Å². The third-order valence-electron chi connectivity index (χ3n) is 5.90.